The van der Waals surface area contributed by atoms with Crippen LogP contribution in [0, 0.1) is 0 Å². The number of aliphatic hydroxyl groups is 1. The Bertz CT molecular complexity index is 1140. The zero-order chi connectivity index (χ0) is 23.6. The van der Waals surface area contributed by atoms with Gasteiger partial charge in [0.2, 0.25) is 0 Å². The minimum absolute atomic E-state index is 0.0155. The van der Waals surface area contributed by atoms with Gasteiger partial charge < -0.3 is 26.6 Å². The standard InChI is InChI=1S/C24H28N6O3/c1-3-20-24(2,32)19(25)11-18(33-20)15-9-10-27-12-17(15)30-23(31)21-22(26)28-13-16(29-21)14-7-5-4-6-8-14/h4-10,12-13,18-20,32H,3,11,25H2,1-2H3,(H2,26,28)(H,30,31)/t18-,19-,20-,24+/m0/s1. The summed E-state index contributed by atoms with van der Waals surface area (Å²) in [5, 5.41) is 13.6. The Morgan fingerprint density at radius 1 is 1.27 bits per heavy atom. The first-order valence-corrected chi connectivity index (χ1v) is 10.9. The van der Waals surface area contributed by atoms with Gasteiger partial charge in [0, 0.05) is 23.4 Å². The lowest BCUT2D eigenvalue weighted by molar-refractivity contribution is -0.179. The van der Waals surface area contributed by atoms with Gasteiger partial charge in [0.05, 0.1) is 36.0 Å². The van der Waals surface area contributed by atoms with Crippen LogP contribution in [0.5, 0.6) is 0 Å². The average molecular weight is 449 g/mol. The predicted molar refractivity (Wildman–Crippen MR) is 125 cm³/mol. The molecule has 1 amide bonds. The van der Waals surface area contributed by atoms with Crippen molar-refractivity contribution in [2.75, 3.05) is 11.1 Å². The fraction of sp³-hybridized carbons (Fsp3) is 0.333. The van der Waals surface area contributed by atoms with Gasteiger partial charge >= 0.3 is 0 Å². The normalized spacial score (nSPS) is 24.9. The number of aromatic nitrogens is 3. The lowest BCUT2D eigenvalue weighted by atomic mass is 9.81. The Hall–Kier alpha value is -3.40. The fourth-order valence-corrected chi connectivity index (χ4v) is 4.09. The number of nitrogens with zero attached hydrogens (tertiary/aromatic N) is 3. The van der Waals surface area contributed by atoms with Crippen molar-refractivity contribution in [3.05, 3.63) is 66.2 Å². The van der Waals surface area contributed by atoms with Crippen molar-refractivity contribution in [1.82, 2.24) is 15.0 Å². The van der Waals surface area contributed by atoms with E-state index in [9.17, 15) is 9.90 Å². The summed E-state index contributed by atoms with van der Waals surface area (Å²) >= 11 is 0. The van der Waals surface area contributed by atoms with Gasteiger partial charge in [0.1, 0.15) is 5.60 Å². The van der Waals surface area contributed by atoms with Crippen LogP contribution in [0.2, 0.25) is 0 Å². The van der Waals surface area contributed by atoms with E-state index >= 15 is 0 Å². The van der Waals surface area contributed by atoms with E-state index in [4.69, 9.17) is 16.2 Å². The highest BCUT2D eigenvalue weighted by Crippen LogP contribution is 2.39. The number of ether oxygens (including phenoxy) is 1. The quantitative estimate of drug-likeness (QED) is 0.465. The zero-order valence-electron chi connectivity index (χ0n) is 18.6. The van der Waals surface area contributed by atoms with Crippen LogP contribution in [0.4, 0.5) is 11.5 Å². The molecule has 1 aliphatic heterocycles. The molecule has 6 N–H and O–H groups in total. The average Bonchev–Trinajstić information content (AvgIpc) is 2.82. The number of hydrogen-bond donors (Lipinski definition) is 4. The van der Waals surface area contributed by atoms with E-state index in [1.807, 2.05) is 37.3 Å². The van der Waals surface area contributed by atoms with Crippen LogP contribution >= 0.6 is 0 Å². The number of rotatable bonds is 5. The number of carbonyl (C=O) groups excluding carboxylic acids is 1. The molecule has 1 fully saturated rings. The van der Waals surface area contributed by atoms with Gasteiger partial charge in [0.15, 0.2) is 11.5 Å². The summed E-state index contributed by atoms with van der Waals surface area (Å²) < 4.78 is 6.17. The van der Waals surface area contributed by atoms with Crippen LogP contribution in [0.25, 0.3) is 11.3 Å². The molecule has 3 heterocycles. The molecule has 33 heavy (non-hydrogen) atoms. The van der Waals surface area contributed by atoms with Crippen LogP contribution < -0.4 is 16.8 Å². The lowest BCUT2D eigenvalue weighted by Crippen LogP contribution is -2.58. The fourth-order valence-electron chi connectivity index (χ4n) is 4.09. The molecular formula is C24H28N6O3. The second-order valence-electron chi connectivity index (χ2n) is 8.36. The molecule has 3 aromatic rings. The minimum Gasteiger partial charge on any atom is -0.386 e. The van der Waals surface area contributed by atoms with E-state index in [0.29, 0.717) is 29.8 Å². The number of anilines is 2. The van der Waals surface area contributed by atoms with Crippen LogP contribution in [0.15, 0.2) is 55.0 Å². The zero-order valence-corrected chi connectivity index (χ0v) is 18.6. The summed E-state index contributed by atoms with van der Waals surface area (Å²) in [6, 6.07) is 10.7. The number of amides is 1. The van der Waals surface area contributed by atoms with Crippen LogP contribution in [-0.4, -0.2) is 43.7 Å². The Morgan fingerprint density at radius 3 is 2.76 bits per heavy atom. The number of nitrogens with one attached hydrogen (secondary N) is 1. The summed E-state index contributed by atoms with van der Waals surface area (Å²) in [7, 11) is 0. The molecule has 172 valence electrons. The van der Waals surface area contributed by atoms with Gasteiger partial charge in [-0.25, -0.2) is 9.97 Å². The first kappa shape index (κ1) is 22.8. The molecule has 4 rings (SSSR count). The van der Waals surface area contributed by atoms with E-state index in [2.05, 4.69) is 20.3 Å². The molecule has 0 saturated carbocycles. The molecule has 0 bridgehead atoms. The maximum atomic E-state index is 13.1. The largest absolute Gasteiger partial charge is 0.386 e. The minimum atomic E-state index is -1.14. The van der Waals surface area contributed by atoms with Gasteiger partial charge in [-0.2, -0.15) is 0 Å². The first-order valence-electron chi connectivity index (χ1n) is 10.9. The second-order valence-corrected chi connectivity index (χ2v) is 8.36. The summed E-state index contributed by atoms with van der Waals surface area (Å²) in [6.07, 6.45) is 4.84. The molecule has 9 nitrogen and oxygen atoms in total. The Balaban J connectivity index is 1.61. The number of hydrogen-bond acceptors (Lipinski definition) is 8. The van der Waals surface area contributed by atoms with Gasteiger partial charge in [-0.15, -0.1) is 0 Å². The van der Waals surface area contributed by atoms with Gasteiger partial charge in [0.25, 0.3) is 5.91 Å². The van der Waals surface area contributed by atoms with E-state index < -0.39 is 29.8 Å². The van der Waals surface area contributed by atoms with Crippen molar-refractivity contribution in [2.24, 2.45) is 5.73 Å². The number of benzene rings is 1. The highest BCUT2D eigenvalue weighted by atomic mass is 16.5. The summed E-state index contributed by atoms with van der Waals surface area (Å²) in [4.78, 5) is 25.8. The monoisotopic (exact) mass is 448 g/mol. The number of carbonyl (C=O) groups is 1. The van der Waals surface area contributed by atoms with Crippen molar-refractivity contribution in [3.63, 3.8) is 0 Å². The third kappa shape index (κ3) is 4.56. The molecule has 2 aromatic heterocycles. The molecule has 4 atom stereocenters. The van der Waals surface area contributed by atoms with Gasteiger partial charge in [-0.05, 0) is 25.8 Å². The van der Waals surface area contributed by atoms with Crippen molar-refractivity contribution in [3.8, 4) is 11.3 Å². The topological polar surface area (TPSA) is 149 Å². The summed E-state index contributed by atoms with van der Waals surface area (Å²) in [6.45, 7) is 3.63. The highest BCUT2D eigenvalue weighted by Gasteiger charge is 2.45. The Kier molecular flexibility index (Phi) is 6.37. The van der Waals surface area contributed by atoms with Crippen LogP contribution in [0.1, 0.15) is 48.8 Å². The maximum absolute atomic E-state index is 13.1. The number of pyridine rings is 1. The summed E-state index contributed by atoms with van der Waals surface area (Å²) in [5.41, 5.74) is 13.7. The van der Waals surface area contributed by atoms with E-state index in [1.165, 1.54) is 6.20 Å². The van der Waals surface area contributed by atoms with Crippen LogP contribution in [-0.2, 0) is 4.74 Å². The van der Waals surface area contributed by atoms with E-state index in [-0.39, 0.29) is 11.5 Å². The van der Waals surface area contributed by atoms with E-state index in [0.717, 1.165) is 5.56 Å². The number of nitrogens with two attached hydrogens (primary N) is 2. The summed E-state index contributed by atoms with van der Waals surface area (Å²) in [5.74, 6) is -0.484. The third-order valence-corrected chi connectivity index (χ3v) is 6.11. The molecule has 1 saturated heterocycles. The smallest absolute Gasteiger partial charge is 0.278 e. The molecule has 9 heteroatoms. The van der Waals surface area contributed by atoms with Crippen molar-refractivity contribution >= 4 is 17.4 Å². The Morgan fingerprint density at radius 2 is 2.03 bits per heavy atom. The molecular weight excluding hydrogens is 420 g/mol. The second kappa shape index (κ2) is 9.22. The van der Waals surface area contributed by atoms with Crippen molar-refractivity contribution in [1.29, 1.82) is 0 Å². The molecule has 0 aliphatic carbocycles. The molecule has 0 unspecified atom stereocenters. The van der Waals surface area contributed by atoms with Gasteiger partial charge in [-0.1, -0.05) is 37.3 Å². The van der Waals surface area contributed by atoms with Crippen molar-refractivity contribution in [2.45, 2.75) is 50.5 Å². The lowest BCUT2D eigenvalue weighted by Gasteiger charge is -2.45. The number of nitrogen functional groups attached to an aromatic ring is 1. The van der Waals surface area contributed by atoms with Crippen LogP contribution in [0.3, 0.4) is 0 Å². The maximum Gasteiger partial charge on any atom is 0.278 e. The predicted octanol–water partition coefficient (Wildman–Crippen LogP) is 2.69. The first-order chi connectivity index (χ1) is 15.8. The van der Waals surface area contributed by atoms with Gasteiger partial charge in [-0.3, -0.25) is 9.78 Å². The van der Waals surface area contributed by atoms with Crippen molar-refractivity contribution < 1.29 is 14.6 Å². The SMILES string of the molecule is CC[C@@H]1O[C@H](c2ccncc2NC(=O)c2nc(-c3ccccc3)cnc2N)C[C@H](N)[C@@]1(C)O. The third-order valence-electron chi connectivity index (χ3n) is 6.11. The van der Waals surface area contributed by atoms with E-state index in [1.54, 1.807) is 25.4 Å². The molecule has 1 aromatic carbocycles. The Labute approximate surface area is 192 Å². The molecule has 1 aliphatic rings. The molecule has 0 radical (unpaired) electrons. The molecule has 0 spiro atoms. The highest BCUT2D eigenvalue weighted by molar-refractivity contribution is 6.06.